The van der Waals surface area contributed by atoms with Crippen molar-refractivity contribution in [2.45, 2.75) is 50.0 Å². The van der Waals surface area contributed by atoms with Crippen molar-refractivity contribution in [2.75, 3.05) is 5.75 Å². The lowest BCUT2D eigenvalue weighted by molar-refractivity contribution is -0.137. The number of hydrogen-bond acceptors (Lipinski definition) is 3. The van der Waals surface area contributed by atoms with E-state index >= 15 is 0 Å². The third-order valence-electron chi connectivity index (χ3n) is 3.64. The van der Waals surface area contributed by atoms with Gasteiger partial charge in [-0.3, -0.25) is 9.59 Å². The summed E-state index contributed by atoms with van der Waals surface area (Å²) in [4.78, 5) is 23.4. The molecule has 2 rings (SSSR count). The summed E-state index contributed by atoms with van der Waals surface area (Å²) in [6.07, 6.45) is 4.08. The fraction of sp³-hybridized carbons (Fsp3) is 0.500. The zero-order valence-corrected chi connectivity index (χ0v) is 13.0. The number of carboxylic acids is 1. The molecule has 1 atom stereocenters. The molecule has 0 aromatic heterocycles. The summed E-state index contributed by atoms with van der Waals surface area (Å²) in [6.45, 7) is 1.83. The molecule has 1 aliphatic carbocycles. The SMILES string of the molecule is CC(CCC(=O)O)NC(=O)CSc1ccc2c(c1)CCC2. The molecular formula is C16H21NO3S. The summed E-state index contributed by atoms with van der Waals surface area (Å²) >= 11 is 1.53. The zero-order valence-electron chi connectivity index (χ0n) is 12.2. The van der Waals surface area contributed by atoms with Crippen molar-refractivity contribution in [2.24, 2.45) is 0 Å². The van der Waals surface area contributed by atoms with Crippen LogP contribution >= 0.6 is 11.8 Å². The first-order chi connectivity index (χ1) is 10.0. The number of thioether (sulfide) groups is 1. The van der Waals surface area contributed by atoms with Crippen LogP contribution in [0.3, 0.4) is 0 Å². The van der Waals surface area contributed by atoms with Crippen molar-refractivity contribution in [1.29, 1.82) is 0 Å². The Labute approximate surface area is 129 Å². The molecule has 0 saturated carbocycles. The second kappa shape index (κ2) is 7.50. The predicted molar refractivity (Wildman–Crippen MR) is 83.7 cm³/mol. The van der Waals surface area contributed by atoms with Gasteiger partial charge in [0.25, 0.3) is 0 Å². The van der Waals surface area contributed by atoms with Crippen LogP contribution in [0, 0.1) is 0 Å². The van der Waals surface area contributed by atoms with Gasteiger partial charge < -0.3 is 10.4 Å². The first-order valence-electron chi connectivity index (χ1n) is 7.30. The molecule has 2 N–H and O–H groups in total. The molecule has 0 fully saturated rings. The number of aryl methyl sites for hydroxylation is 2. The van der Waals surface area contributed by atoms with Crippen LogP contribution in [0.15, 0.2) is 23.1 Å². The number of fused-ring (bicyclic) bond motifs is 1. The van der Waals surface area contributed by atoms with Gasteiger partial charge in [0.2, 0.25) is 5.91 Å². The Kier molecular flexibility index (Phi) is 5.67. The topological polar surface area (TPSA) is 66.4 Å². The molecule has 0 aliphatic heterocycles. The van der Waals surface area contributed by atoms with Gasteiger partial charge in [0.15, 0.2) is 0 Å². The van der Waals surface area contributed by atoms with Gasteiger partial charge in [-0.05, 0) is 55.9 Å². The minimum atomic E-state index is -0.830. The van der Waals surface area contributed by atoms with E-state index in [1.807, 2.05) is 6.92 Å². The van der Waals surface area contributed by atoms with E-state index in [2.05, 4.69) is 23.5 Å². The van der Waals surface area contributed by atoms with E-state index in [4.69, 9.17) is 5.11 Å². The Hall–Kier alpha value is -1.49. The van der Waals surface area contributed by atoms with Crippen molar-refractivity contribution >= 4 is 23.6 Å². The molecule has 1 aliphatic rings. The summed E-state index contributed by atoms with van der Waals surface area (Å²) in [6, 6.07) is 6.33. The lowest BCUT2D eigenvalue weighted by Crippen LogP contribution is -2.34. The van der Waals surface area contributed by atoms with E-state index in [0.717, 1.165) is 11.3 Å². The van der Waals surface area contributed by atoms with Crippen molar-refractivity contribution in [3.63, 3.8) is 0 Å². The standard InChI is InChI=1S/C16H21NO3S/c1-11(5-8-16(19)20)17-15(18)10-21-14-7-6-12-3-2-4-13(12)9-14/h6-7,9,11H,2-5,8,10H2,1H3,(H,17,18)(H,19,20). The second-order valence-corrected chi connectivity index (χ2v) is 6.52. The largest absolute Gasteiger partial charge is 0.481 e. The quantitative estimate of drug-likeness (QED) is 0.760. The first kappa shape index (κ1) is 15.9. The highest BCUT2D eigenvalue weighted by atomic mass is 32.2. The number of hydrogen-bond donors (Lipinski definition) is 2. The normalized spacial score (nSPS) is 14.5. The van der Waals surface area contributed by atoms with Crippen LogP contribution in [-0.2, 0) is 22.4 Å². The minimum Gasteiger partial charge on any atom is -0.481 e. The molecule has 1 amide bonds. The maximum atomic E-state index is 11.8. The minimum absolute atomic E-state index is 0.0432. The van der Waals surface area contributed by atoms with Crippen molar-refractivity contribution in [3.05, 3.63) is 29.3 Å². The van der Waals surface area contributed by atoms with Gasteiger partial charge >= 0.3 is 5.97 Å². The van der Waals surface area contributed by atoms with E-state index in [9.17, 15) is 9.59 Å². The van der Waals surface area contributed by atoms with Crippen molar-refractivity contribution in [3.8, 4) is 0 Å². The molecule has 0 bridgehead atoms. The third kappa shape index (κ3) is 5.08. The number of aliphatic carboxylic acids is 1. The maximum absolute atomic E-state index is 11.8. The highest BCUT2D eigenvalue weighted by molar-refractivity contribution is 8.00. The number of amides is 1. The fourth-order valence-electron chi connectivity index (χ4n) is 2.52. The van der Waals surface area contributed by atoms with Gasteiger partial charge in [-0.25, -0.2) is 0 Å². The number of carbonyl (C=O) groups excluding carboxylic acids is 1. The molecular weight excluding hydrogens is 286 g/mol. The summed E-state index contributed by atoms with van der Waals surface area (Å²) in [5, 5.41) is 11.4. The van der Waals surface area contributed by atoms with Crippen LogP contribution in [0.25, 0.3) is 0 Å². The highest BCUT2D eigenvalue weighted by Crippen LogP contribution is 2.27. The Morgan fingerprint density at radius 1 is 1.33 bits per heavy atom. The third-order valence-corrected chi connectivity index (χ3v) is 4.63. The molecule has 0 radical (unpaired) electrons. The molecule has 0 spiro atoms. The molecule has 1 aromatic rings. The lowest BCUT2D eigenvalue weighted by atomic mass is 10.1. The van der Waals surface area contributed by atoms with E-state index in [1.54, 1.807) is 0 Å². The van der Waals surface area contributed by atoms with Crippen LogP contribution in [0.2, 0.25) is 0 Å². The van der Waals surface area contributed by atoms with Gasteiger partial charge in [0.05, 0.1) is 5.75 Å². The molecule has 114 valence electrons. The Morgan fingerprint density at radius 2 is 2.10 bits per heavy atom. The van der Waals surface area contributed by atoms with Crippen LogP contribution < -0.4 is 5.32 Å². The van der Waals surface area contributed by atoms with E-state index in [0.29, 0.717) is 12.2 Å². The lowest BCUT2D eigenvalue weighted by Gasteiger charge is -2.12. The Balaban J connectivity index is 1.75. The van der Waals surface area contributed by atoms with Crippen molar-refractivity contribution < 1.29 is 14.7 Å². The predicted octanol–water partition coefficient (Wildman–Crippen LogP) is 2.64. The fourth-order valence-corrected chi connectivity index (χ4v) is 3.29. The van der Waals surface area contributed by atoms with E-state index in [1.165, 1.54) is 35.7 Å². The van der Waals surface area contributed by atoms with Crippen LogP contribution in [0.4, 0.5) is 0 Å². The van der Waals surface area contributed by atoms with E-state index in [-0.39, 0.29) is 18.4 Å². The average Bonchev–Trinajstić information content (AvgIpc) is 2.90. The summed E-state index contributed by atoms with van der Waals surface area (Å²) in [5.41, 5.74) is 2.85. The first-order valence-corrected chi connectivity index (χ1v) is 8.29. The maximum Gasteiger partial charge on any atom is 0.303 e. The van der Waals surface area contributed by atoms with Gasteiger partial charge in [-0.1, -0.05) is 6.07 Å². The molecule has 0 saturated heterocycles. The van der Waals surface area contributed by atoms with Gasteiger partial charge in [0, 0.05) is 17.4 Å². The molecule has 0 heterocycles. The Bertz CT molecular complexity index is 530. The summed E-state index contributed by atoms with van der Waals surface area (Å²) < 4.78 is 0. The van der Waals surface area contributed by atoms with Crippen LogP contribution in [0.1, 0.15) is 37.3 Å². The average molecular weight is 307 g/mol. The number of carboxylic acid groups (broad SMARTS) is 1. The van der Waals surface area contributed by atoms with E-state index < -0.39 is 5.97 Å². The highest BCUT2D eigenvalue weighted by Gasteiger charge is 2.13. The van der Waals surface area contributed by atoms with Crippen molar-refractivity contribution in [1.82, 2.24) is 5.32 Å². The molecule has 1 unspecified atom stereocenters. The number of nitrogens with one attached hydrogen (secondary N) is 1. The number of rotatable bonds is 7. The number of benzene rings is 1. The second-order valence-electron chi connectivity index (χ2n) is 5.47. The molecule has 5 heteroatoms. The number of carbonyl (C=O) groups is 2. The van der Waals surface area contributed by atoms with Gasteiger partial charge in [0.1, 0.15) is 0 Å². The monoisotopic (exact) mass is 307 g/mol. The zero-order chi connectivity index (χ0) is 15.2. The summed E-state index contributed by atoms with van der Waals surface area (Å²) in [5.74, 6) is -0.502. The van der Waals surface area contributed by atoms with Gasteiger partial charge in [-0.2, -0.15) is 0 Å². The van der Waals surface area contributed by atoms with Gasteiger partial charge in [-0.15, -0.1) is 11.8 Å². The molecule has 21 heavy (non-hydrogen) atoms. The molecule has 4 nitrogen and oxygen atoms in total. The Morgan fingerprint density at radius 3 is 2.86 bits per heavy atom. The summed E-state index contributed by atoms with van der Waals surface area (Å²) in [7, 11) is 0. The molecule has 1 aromatic carbocycles. The van der Waals surface area contributed by atoms with Crippen LogP contribution in [0.5, 0.6) is 0 Å². The van der Waals surface area contributed by atoms with Crippen LogP contribution in [-0.4, -0.2) is 28.8 Å². The smallest absolute Gasteiger partial charge is 0.303 e.